The fraction of sp³-hybridized carbons (Fsp3) is 0.105. The molecule has 0 atom stereocenters. The minimum absolute atomic E-state index is 0.0169. The molecule has 0 aliphatic heterocycles. The first kappa shape index (κ1) is 20.6. The molecule has 0 saturated heterocycles. The van der Waals surface area contributed by atoms with Gasteiger partial charge in [-0.25, -0.2) is 8.42 Å². The highest BCUT2D eigenvalue weighted by atomic mass is 35.5. The van der Waals surface area contributed by atoms with Gasteiger partial charge in [-0.1, -0.05) is 35.0 Å². The lowest BCUT2D eigenvalue weighted by Gasteiger charge is -2.11. The smallest absolute Gasteiger partial charge is 0.338 e. The van der Waals surface area contributed by atoms with E-state index in [1.807, 2.05) is 0 Å². The third-order valence-corrected chi connectivity index (χ3v) is 5.84. The van der Waals surface area contributed by atoms with Crippen LogP contribution in [0.2, 0.25) is 5.02 Å². The van der Waals surface area contributed by atoms with Gasteiger partial charge in [0.1, 0.15) is 0 Å². The summed E-state index contributed by atoms with van der Waals surface area (Å²) in [4.78, 5) is 10.6. The molecule has 1 heterocycles. The molecule has 3 rings (SSSR count). The van der Waals surface area contributed by atoms with Crippen LogP contribution in [0.4, 0.5) is 11.4 Å². The summed E-state index contributed by atoms with van der Waals surface area (Å²) in [5.41, 5.74) is 1.38. The zero-order chi connectivity index (χ0) is 21.2. The second-order valence-corrected chi connectivity index (χ2v) is 8.30. The summed E-state index contributed by atoms with van der Waals surface area (Å²) >= 11 is 5.82. The molecule has 1 N–H and O–H groups in total. The number of aromatic nitrogens is 1. The molecule has 3 aromatic rings. The molecule has 0 fully saturated rings. The molecule has 0 saturated carbocycles. The Morgan fingerprint density at radius 1 is 1.14 bits per heavy atom. The number of nitrogens with one attached hydrogen (secondary N) is 1. The maximum atomic E-state index is 12.8. The van der Waals surface area contributed by atoms with Crippen molar-refractivity contribution in [3.05, 3.63) is 80.2 Å². The van der Waals surface area contributed by atoms with Crippen molar-refractivity contribution >= 4 is 45.2 Å². The highest BCUT2D eigenvalue weighted by molar-refractivity contribution is 7.92. The molecule has 0 unspecified atom stereocenters. The van der Waals surface area contributed by atoms with Gasteiger partial charge < -0.3 is 4.52 Å². The molecule has 1 aromatic heterocycles. The van der Waals surface area contributed by atoms with E-state index in [0.29, 0.717) is 21.8 Å². The molecule has 0 spiro atoms. The van der Waals surface area contributed by atoms with Gasteiger partial charge in [0.2, 0.25) is 5.76 Å². The van der Waals surface area contributed by atoms with E-state index in [0.717, 1.165) is 0 Å². The summed E-state index contributed by atoms with van der Waals surface area (Å²) in [5, 5.41) is 15.2. The summed E-state index contributed by atoms with van der Waals surface area (Å²) in [6.45, 7) is 3.15. The standard InChI is InChI=1S/C19H16ClN3O5S/c1-12-3-4-14(5-10-17-19(23(24)25)13(2)21-28-17)11-18(12)29(26,27)22-16-8-6-15(20)7-9-16/h3-11,22H,1-2H3/b10-5+. The van der Waals surface area contributed by atoms with E-state index in [4.69, 9.17) is 16.1 Å². The third-order valence-electron chi connectivity index (χ3n) is 4.06. The highest BCUT2D eigenvalue weighted by Crippen LogP contribution is 2.26. The van der Waals surface area contributed by atoms with Crippen molar-refractivity contribution < 1.29 is 17.9 Å². The molecule has 8 nitrogen and oxygen atoms in total. The topological polar surface area (TPSA) is 115 Å². The number of nitrogens with zero attached hydrogens (tertiary/aromatic N) is 2. The van der Waals surface area contributed by atoms with Crippen LogP contribution in [0.5, 0.6) is 0 Å². The lowest BCUT2D eigenvalue weighted by Crippen LogP contribution is -2.14. The van der Waals surface area contributed by atoms with Crippen molar-refractivity contribution in [2.24, 2.45) is 0 Å². The second-order valence-electron chi connectivity index (χ2n) is 6.21. The summed E-state index contributed by atoms with van der Waals surface area (Å²) in [6, 6.07) is 11.1. The van der Waals surface area contributed by atoms with Crippen LogP contribution in [0.15, 0.2) is 51.9 Å². The normalized spacial score (nSPS) is 11.7. The van der Waals surface area contributed by atoms with E-state index in [9.17, 15) is 18.5 Å². The fourth-order valence-corrected chi connectivity index (χ4v) is 4.09. The van der Waals surface area contributed by atoms with Crippen LogP contribution < -0.4 is 4.72 Å². The Labute approximate surface area is 172 Å². The largest absolute Gasteiger partial charge is 0.349 e. The Hall–Kier alpha value is -3.17. The van der Waals surface area contributed by atoms with Crippen LogP contribution in [-0.4, -0.2) is 18.5 Å². The SMILES string of the molecule is Cc1ccc(/C=C/c2onc(C)c2[N+](=O)[O-])cc1S(=O)(=O)Nc1ccc(Cl)cc1. The molecule has 10 heteroatoms. The number of anilines is 1. The van der Waals surface area contributed by atoms with Gasteiger partial charge in [0, 0.05) is 10.7 Å². The lowest BCUT2D eigenvalue weighted by atomic mass is 10.1. The third kappa shape index (κ3) is 4.64. The van der Waals surface area contributed by atoms with Gasteiger partial charge in [0.05, 0.1) is 9.82 Å². The van der Waals surface area contributed by atoms with Crippen LogP contribution in [0, 0.1) is 24.0 Å². The Bertz CT molecular complexity index is 1200. The van der Waals surface area contributed by atoms with E-state index in [2.05, 4.69) is 9.88 Å². The van der Waals surface area contributed by atoms with E-state index in [-0.39, 0.29) is 22.0 Å². The molecular weight excluding hydrogens is 418 g/mol. The fourth-order valence-electron chi connectivity index (χ4n) is 2.62. The van der Waals surface area contributed by atoms with E-state index < -0.39 is 14.9 Å². The van der Waals surface area contributed by atoms with Crippen molar-refractivity contribution in [1.82, 2.24) is 5.16 Å². The van der Waals surface area contributed by atoms with Crippen LogP contribution >= 0.6 is 11.6 Å². The van der Waals surface area contributed by atoms with Gasteiger partial charge >= 0.3 is 5.69 Å². The number of nitro groups is 1. The van der Waals surface area contributed by atoms with Gasteiger partial charge in [-0.3, -0.25) is 14.8 Å². The predicted octanol–water partition coefficient (Wildman–Crippen LogP) is 4.82. The minimum Gasteiger partial charge on any atom is -0.349 e. The van der Waals surface area contributed by atoms with E-state index in [1.165, 1.54) is 25.1 Å². The molecule has 29 heavy (non-hydrogen) atoms. The molecule has 2 aromatic carbocycles. The first-order valence-electron chi connectivity index (χ1n) is 8.35. The van der Waals surface area contributed by atoms with E-state index in [1.54, 1.807) is 43.3 Å². The molecule has 0 aliphatic rings. The van der Waals surface area contributed by atoms with E-state index >= 15 is 0 Å². The number of benzene rings is 2. The zero-order valence-corrected chi connectivity index (χ0v) is 17.0. The van der Waals surface area contributed by atoms with Crippen molar-refractivity contribution in [2.45, 2.75) is 18.7 Å². The van der Waals surface area contributed by atoms with Gasteiger partial charge in [-0.2, -0.15) is 0 Å². The van der Waals surface area contributed by atoms with Gasteiger partial charge in [-0.05, 0) is 61.4 Å². The first-order chi connectivity index (χ1) is 13.7. The molecule has 0 amide bonds. The number of hydrogen-bond donors (Lipinski definition) is 1. The summed E-state index contributed by atoms with van der Waals surface area (Å²) < 4.78 is 33.1. The number of sulfonamides is 1. The van der Waals surface area contributed by atoms with Crippen molar-refractivity contribution in [1.29, 1.82) is 0 Å². The van der Waals surface area contributed by atoms with Crippen LogP contribution in [0.1, 0.15) is 22.6 Å². The number of rotatable bonds is 6. The Balaban J connectivity index is 1.92. The van der Waals surface area contributed by atoms with Crippen molar-refractivity contribution in [2.75, 3.05) is 4.72 Å². The molecular formula is C19H16ClN3O5S. The Morgan fingerprint density at radius 2 is 1.83 bits per heavy atom. The van der Waals surface area contributed by atoms with Gasteiger partial charge in [0.25, 0.3) is 10.0 Å². The van der Waals surface area contributed by atoms with Crippen molar-refractivity contribution in [3.8, 4) is 0 Å². The number of hydrogen-bond acceptors (Lipinski definition) is 6. The Morgan fingerprint density at radius 3 is 2.48 bits per heavy atom. The predicted molar refractivity (Wildman–Crippen MR) is 110 cm³/mol. The Kier molecular flexibility index (Phi) is 5.71. The monoisotopic (exact) mass is 433 g/mol. The van der Waals surface area contributed by atoms with Crippen LogP contribution in [-0.2, 0) is 10.0 Å². The number of halogens is 1. The highest BCUT2D eigenvalue weighted by Gasteiger charge is 2.22. The maximum absolute atomic E-state index is 12.8. The molecule has 0 radical (unpaired) electrons. The van der Waals surface area contributed by atoms with Crippen molar-refractivity contribution in [3.63, 3.8) is 0 Å². The molecule has 150 valence electrons. The minimum atomic E-state index is -3.85. The zero-order valence-electron chi connectivity index (χ0n) is 15.4. The average Bonchev–Trinajstić information content (AvgIpc) is 3.03. The molecule has 0 bridgehead atoms. The maximum Gasteiger partial charge on any atom is 0.338 e. The lowest BCUT2D eigenvalue weighted by molar-refractivity contribution is -0.386. The average molecular weight is 434 g/mol. The summed E-state index contributed by atoms with van der Waals surface area (Å²) in [7, 11) is -3.85. The summed E-state index contributed by atoms with van der Waals surface area (Å²) in [6.07, 6.45) is 2.90. The van der Waals surface area contributed by atoms with Crippen LogP contribution in [0.3, 0.4) is 0 Å². The first-order valence-corrected chi connectivity index (χ1v) is 10.2. The van der Waals surface area contributed by atoms with Gasteiger partial charge in [0.15, 0.2) is 5.69 Å². The van der Waals surface area contributed by atoms with Crippen LogP contribution in [0.25, 0.3) is 12.2 Å². The second kappa shape index (κ2) is 8.06. The quantitative estimate of drug-likeness (QED) is 0.440. The molecule has 0 aliphatic carbocycles. The number of aryl methyl sites for hydroxylation is 2. The summed E-state index contributed by atoms with van der Waals surface area (Å²) in [5.74, 6) is -0.0169. The van der Waals surface area contributed by atoms with Gasteiger partial charge in [-0.15, -0.1) is 0 Å².